The second-order valence-corrected chi connectivity index (χ2v) is 5.83. The van der Waals surface area contributed by atoms with Gasteiger partial charge in [0, 0.05) is 17.5 Å². The second kappa shape index (κ2) is 4.29. The van der Waals surface area contributed by atoms with Crippen LogP contribution in [0.25, 0.3) is 0 Å². The minimum atomic E-state index is 0.0418. The van der Waals surface area contributed by atoms with Gasteiger partial charge in [-0.25, -0.2) is 0 Å². The molecule has 2 nitrogen and oxygen atoms in total. The van der Waals surface area contributed by atoms with Crippen LogP contribution in [-0.4, -0.2) is 23.8 Å². The van der Waals surface area contributed by atoms with E-state index in [2.05, 4.69) is 42.3 Å². The monoisotopic (exact) mass is 263 g/mol. The normalized spacial score (nSPS) is 28.4. The first kappa shape index (κ1) is 11.9. The third-order valence-electron chi connectivity index (χ3n) is 4.86. The van der Waals surface area contributed by atoms with Crippen LogP contribution < -0.4 is 0 Å². The summed E-state index contributed by atoms with van der Waals surface area (Å²) in [7, 11) is 2.09. The third-order valence-corrected chi connectivity index (χ3v) is 4.86. The van der Waals surface area contributed by atoms with Crippen LogP contribution in [0.1, 0.15) is 39.9 Å². The van der Waals surface area contributed by atoms with Gasteiger partial charge in [-0.3, -0.25) is 9.69 Å². The Labute approximate surface area is 119 Å². The molecule has 0 N–H and O–H groups in total. The molecule has 2 heteroatoms. The van der Waals surface area contributed by atoms with E-state index in [1.807, 2.05) is 24.3 Å². The zero-order valence-electron chi connectivity index (χ0n) is 11.5. The number of carbonyl (C=O) groups excluding carboxylic acids is 1. The SMILES string of the molecule is CN1[C@H]2C[C@H](c3ccccc3)[C@@H]1c1ccccc1C2=O. The predicted molar refractivity (Wildman–Crippen MR) is 78.9 cm³/mol. The number of Topliss-reactive ketones (excluding diaryl/α,β-unsaturated/α-hetero) is 1. The van der Waals surface area contributed by atoms with Crippen molar-refractivity contribution in [3.63, 3.8) is 0 Å². The first-order chi connectivity index (χ1) is 9.77. The lowest BCUT2D eigenvalue weighted by Crippen LogP contribution is -2.39. The summed E-state index contributed by atoms with van der Waals surface area (Å²) in [6, 6.07) is 19.1. The molecule has 0 amide bonds. The van der Waals surface area contributed by atoms with Gasteiger partial charge in [0.05, 0.1) is 6.04 Å². The predicted octanol–water partition coefficient (Wildman–Crippen LogP) is 3.41. The summed E-state index contributed by atoms with van der Waals surface area (Å²) in [6.45, 7) is 0. The first-order valence-corrected chi connectivity index (χ1v) is 7.17. The average Bonchev–Trinajstić information content (AvgIpc) is 2.77. The van der Waals surface area contributed by atoms with Crippen LogP contribution in [-0.2, 0) is 0 Å². The largest absolute Gasteiger partial charge is 0.292 e. The zero-order chi connectivity index (χ0) is 13.7. The fourth-order valence-electron chi connectivity index (χ4n) is 3.92. The highest BCUT2D eigenvalue weighted by atomic mass is 16.1. The quantitative estimate of drug-likeness (QED) is 0.786. The van der Waals surface area contributed by atoms with E-state index in [0.717, 1.165) is 12.0 Å². The van der Waals surface area contributed by atoms with Crippen LogP contribution in [0.4, 0.5) is 0 Å². The topological polar surface area (TPSA) is 20.3 Å². The van der Waals surface area contributed by atoms with Crippen molar-refractivity contribution in [2.45, 2.75) is 24.4 Å². The fourth-order valence-corrected chi connectivity index (χ4v) is 3.92. The van der Waals surface area contributed by atoms with E-state index in [1.165, 1.54) is 11.1 Å². The maximum Gasteiger partial charge on any atom is 0.180 e. The Bertz CT molecular complexity index is 664. The number of hydrogen-bond donors (Lipinski definition) is 0. The molecule has 0 spiro atoms. The molecule has 3 atom stereocenters. The number of benzene rings is 2. The first-order valence-electron chi connectivity index (χ1n) is 7.17. The average molecular weight is 263 g/mol. The summed E-state index contributed by atoms with van der Waals surface area (Å²) in [5, 5.41) is 0. The van der Waals surface area contributed by atoms with Crippen molar-refractivity contribution in [2.24, 2.45) is 0 Å². The Hall–Kier alpha value is -1.93. The Balaban J connectivity index is 1.87. The molecule has 1 saturated heterocycles. The van der Waals surface area contributed by atoms with Crippen molar-refractivity contribution in [2.75, 3.05) is 7.05 Å². The summed E-state index contributed by atoms with van der Waals surface area (Å²) in [6.07, 6.45) is 0.929. The van der Waals surface area contributed by atoms with Crippen molar-refractivity contribution in [3.05, 3.63) is 71.3 Å². The molecule has 0 radical (unpaired) electrons. The smallest absolute Gasteiger partial charge is 0.180 e. The van der Waals surface area contributed by atoms with Gasteiger partial charge in [0.2, 0.25) is 0 Å². The summed E-state index contributed by atoms with van der Waals surface area (Å²) >= 11 is 0. The highest BCUT2D eigenvalue weighted by Crippen LogP contribution is 2.50. The van der Waals surface area contributed by atoms with Crippen LogP contribution >= 0.6 is 0 Å². The van der Waals surface area contributed by atoms with Gasteiger partial charge in [0.15, 0.2) is 5.78 Å². The number of fused-ring (bicyclic) bond motifs is 4. The summed E-state index contributed by atoms with van der Waals surface area (Å²) in [5.74, 6) is 0.705. The maximum atomic E-state index is 12.6. The van der Waals surface area contributed by atoms with Crippen molar-refractivity contribution in [1.82, 2.24) is 4.90 Å². The lowest BCUT2D eigenvalue weighted by atomic mass is 9.86. The van der Waals surface area contributed by atoms with Crippen LogP contribution in [0, 0.1) is 0 Å². The number of hydrogen-bond acceptors (Lipinski definition) is 2. The Kier molecular flexibility index (Phi) is 2.54. The number of carbonyl (C=O) groups is 1. The number of likely N-dealkylation sites (N-methyl/N-ethyl adjacent to an activating group) is 1. The van der Waals surface area contributed by atoms with E-state index in [4.69, 9.17) is 0 Å². The van der Waals surface area contributed by atoms with Gasteiger partial charge in [-0.1, -0.05) is 54.6 Å². The molecule has 2 bridgehead atoms. The number of ketones is 1. The van der Waals surface area contributed by atoms with Gasteiger partial charge in [0.1, 0.15) is 0 Å². The molecule has 0 aromatic heterocycles. The van der Waals surface area contributed by atoms with E-state index < -0.39 is 0 Å². The molecule has 2 heterocycles. The highest BCUT2D eigenvalue weighted by Gasteiger charge is 2.48. The molecular weight excluding hydrogens is 246 g/mol. The van der Waals surface area contributed by atoms with Gasteiger partial charge < -0.3 is 0 Å². The molecule has 2 aliphatic heterocycles. The van der Waals surface area contributed by atoms with Crippen molar-refractivity contribution >= 4 is 5.78 Å². The van der Waals surface area contributed by atoms with Gasteiger partial charge in [-0.05, 0) is 24.6 Å². The number of rotatable bonds is 1. The summed E-state index contributed by atoms with van der Waals surface area (Å²) in [4.78, 5) is 14.9. The Morgan fingerprint density at radius 3 is 2.50 bits per heavy atom. The summed E-state index contributed by atoms with van der Waals surface area (Å²) < 4.78 is 0. The molecule has 4 rings (SSSR count). The standard InChI is InChI=1S/C18H17NO/c1-19-16-11-15(12-7-3-2-4-8-12)17(19)13-9-5-6-10-14(13)18(16)20/h2-10,15-17H,11H2,1H3/t15-,16+,17+/m1/s1. The van der Waals surface area contributed by atoms with Gasteiger partial charge in [-0.15, -0.1) is 0 Å². The van der Waals surface area contributed by atoms with Crippen LogP contribution in [0.3, 0.4) is 0 Å². The molecule has 100 valence electrons. The molecule has 20 heavy (non-hydrogen) atoms. The molecule has 0 unspecified atom stereocenters. The van der Waals surface area contributed by atoms with Crippen molar-refractivity contribution < 1.29 is 4.79 Å². The van der Waals surface area contributed by atoms with E-state index >= 15 is 0 Å². The Morgan fingerprint density at radius 1 is 1.00 bits per heavy atom. The lowest BCUT2D eigenvalue weighted by Gasteiger charge is -2.33. The molecule has 2 aromatic rings. The highest BCUT2D eigenvalue weighted by molar-refractivity contribution is 6.03. The fraction of sp³-hybridized carbons (Fsp3) is 0.278. The maximum absolute atomic E-state index is 12.6. The summed E-state index contributed by atoms with van der Waals surface area (Å²) in [5.41, 5.74) is 3.47. The number of nitrogens with zero attached hydrogens (tertiary/aromatic N) is 1. The van der Waals surface area contributed by atoms with Crippen LogP contribution in [0.2, 0.25) is 0 Å². The minimum absolute atomic E-state index is 0.0418. The molecular formula is C18H17NO. The van der Waals surface area contributed by atoms with Crippen molar-refractivity contribution in [3.8, 4) is 0 Å². The van der Waals surface area contributed by atoms with E-state index in [-0.39, 0.29) is 11.8 Å². The zero-order valence-corrected chi connectivity index (χ0v) is 11.5. The minimum Gasteiger partial charge on any atom is -0.292 e. The van der Waals surface area contributed by atoms with E-state index in [9.17, 15) is 4.79 Å². The molecule has 2 aliphatic rings. The molecule has 2 aromatic carbocycles. The van der Waals surface area contributed by atoms with Gasteiger partial charge in [0.25, 0.3) is 0 Å². The second-order valence-electron chi connectivity index (χ2n) is 5.83. The lowest BCUT2D eigenvalue weighted by molar-refractivity contribution is 0.0836. The van der Waals surface area contributed by atoms with Gasteiger partial charge >= 0.3 is 0 Å². The molecule has 0 saturated carbocycles. The molecule has 1 fully saturated rings. The Morgan fingerprint density at radius 2 is 1.70 bits per heavy atom. The van der Waals surface area contributed by atoms with Crippen molar-refractivity contribution in [1.29, 1.82) is 0 Å². The third kappa shape index (κ3) is 1.52. The van der Waals surface area contributed by atoms with Crippen LogP contribution in [0.15, 0.2) is 54.6 Å². The van der Waals surface area contributed by atoms with Crippen LogP contribution in [0.5, 0.6) is 0 Å². The van der Waals surface area contributed by atoms with Gasteiger partial charge in [-0.2, -0.15) is 0 Å². The molecule has 0 aliphatic carbocycles. The van der Waals surface area contributed by atoms with E-state index in [1.54, 1.807) is 0 Å². The van der Waals surface area contributed by atoms with E-state index in [0.29, 0.717) is 12.0 Å².